The highest BCUT2D eigenvalue weighted by molar-refractivity contribution is 6.33. The van der Waals surface area contributed by atoms with Gasteiger partial charge in [0.1, 0.15) is 11.6 Å². The normalized spacial score (nSPS) is 11.8. The first-order valence-electron chi connectivity index (χ1n) is 7.80. The van der Waals surface area contributed by atoms with Crippen LogP contribution in [0.25, 0.3) is 11.4 Å². The highest BCUT2D eigenvalue weighted by Gasteiger charge is 2.17. The van der Waals surface area contributed by atoms with Gasteiger partial charge in [0.15, 0.2) is 6.10 Å². The summed E-state index contributed by atoms with van der Waals surface area (Å²) in [5, 5.41) is 7.00. The SMILES string of the molecule is C[C@@H](Oc1ccc(F)cc1)C(=O)NCc1nc(-c2ccccc2Cl)no1. The van der Waals surface area contributed by atoms with E-state index < -0.39 is 6.10 Å². The number of hydrogen-bond donors (Lipinski definition) is 1. The Kier molecular flexibility index (Phi) is 5.48. The first-order chi connectivity index (χ1) is 12.5. The van der Waals surface area contributed by atoms with Gasteiger partial charge >= 0.3 is 0 Å². The minimum atomic E-state index is -0.772. The van der Waals surface area contributed by atoms with E-state index in [2.05, 4.69) is 15.5 Å². The number of aromatic nitrogens is 2. The van der Waals surface area contributed by atoms with Crippen molar-refractivity contribution in [3.63, 3.8) is 0 Å². The van der Waals surface area contributed by atoms with E-state index in [-0.39, 0.29) is 24.2 Å². The number of ether oxygens (including phenoxy) is 1. The Hall–Kier alpha value is -2.93. The maximum atomic E-state index is 12.9. The van der Waals surface area contributed by atoms with Crippen LogP contribution in [0.15, 0.2) is 53.1 Å². The van der Waals surface area contributed by atoms with E-state index in [1.165, 1.54) is 24.3 Å². The van der Waals surface area contributed by atoms with Gasteiger partial charge in [-0.2, -0.15) is 4.98 Å². The van der Waals surface area contributed by atoms with Crippen LogP contribution >= 0.6 is 11.6 Å². The van der Waals surface area contributed by atoms with Crippen LogP contribution in [0, 0.1) is 5.82 Å². The predicted molar refractivity (Wildman–Crippen MR) is 93.1 cm³/mol. The minimum Gasteiger partial charge on any atom is -0.481 e. The maximum Gasteiger partial charge on any atom is 0.261 e. The predicted octanol–water partition coefficient (Wildman–Crippen LogP) is 3.61. The monoisotopic (exact) mass is 375 g/mol. The summed E-state index contributed by atoms with van der Waals surface area (Å²) in [6.07, 6.45) is -0.772. The van der Waals surface area contributed by atoms with Crippen molar-refractivity contribution in [3.05, 3.63) is 65.3 Å². The molecule has 0 unspecified atom stereocenters. The molecule has 0 aliphatic carbocycles. The van der Waals surface area contributed by atoms with Crippen LogP contribution < -0.4 is 10.1 Å². The summed E-state index contributed by atoms with van der Waals surface area (Å²) < 4.78 is 23.4. The van der Waals surface area contributed by atoms with Gasteiger partial charge < -0.3 is 14.6 Å². The molecule has 0 radical (unpaired) electrons. The molecule has 0 fully saturated rings. The Bertz CT molecular complexity index is 899. The smallest absolute Gasteiger partial charge is 0.261 e. The molecule has 0 bridgehead atoms. The van der Waals surface area contributed by atoms with Crippen molar-refractivity contribution < 1.29 is 18.4 Å². The van der Waals surface area contributed by atoms with Gasteiger partial charge in [-0.3, -0.25) is 4.79 Å². The van der Waals surface area contributed by atoms with E-state index in [0.29, 0.717) is 22.2 Å². The number of halogens is 2. The van der Waals surface area contributed by atoms with Crippen molar-refractivity contribution in [1.82, 2.24) is 15.5 Å². The number of hydrogen-bond acceptors (Lipinski definition) is 5. The molecule has 0 saturated heterocycles. The van der Waals surface area contributed by atoms with Crippen molar-refractivity contribution in [1.29, 1.82) is 0 Å². The number of rotatable bonds is 6. The third kappa shape index (κ3) is 4.37. The highest BCUT2D eigenvalue weighted by Crippen LogP contribution is 2.24. The molecule has 0 spiro atoms. The van der Waals surface area contributed by atoms with Crippen LogP contribution in [0.4, 0.5) is 4.39 Å². The van der Waals surface area contributed by atoms with E-state index in [9.17, 15) is 9.18 Å². The topological polar surface area (TPSA) is 77.2 Å². The molecule has 26 heavy (non-hydrogen) atoms. The average Bonchev–Trinajstić information content (AvgIpc) is 3.10. The number of amides is 1. The summed E-state index contributed by atoms with van der Waals surface area (Å²) in [5.74, 6) is 0.234. The van der Waals surface area contributed by atoms with Crippen molar-refractivity contribution in [3.8, 4) is 17.1 Å². The molecule has 1 amide bonds. The van der Waals surface area contributed by atoms with Gasteiger partial charge in [-0.1, -0.05) is 28.9 Å². The maximum absolute atomic E-state index is 12.9. The minimum absolute atomic E-state index is 0.0490. The fourth-order valence-electron chi connectivity index (χ4n) is 2.16. The molecule has 6 nitrogen and oxygen atoms in total. The van der Waals surface area contributed by atoms with Gasteiger partial charge in [-0.15, -0.1) is 0 Å². The second-order valence-corrected chi connectivity index (χ2v) is 5.83. The zero-order valence-corrected chi connectivity index (χ0v) is 14.5. The summed E-state index contributed by atoms with van der Waals surface area (Å²) in [6.45, 7) is 1.63. The molecular formula is C18H15ClFN3O3. The molecule has 1 N–H and O–H groups in total. The fraction of sp³-hybridized carbons (Fsp3) is 0.167. The number of carbonyl (C=O) groups excluding carboxylic acids is 1. The van der Waals surface area contributed by atoms with Gasteiger partial charge in [-0.25, -0.2) is 4.39 Å². The van der Waals surface area contributed by atoms with Gasteiger partial charge in [0, 0.05) is 5.56 Å². The Balaban J connectivity index is 1.56. The lowest BCUT2D eigenvalue weighted by atomic mass is 10.2. The standard InChI is InChI=1S/C18H15ClFN3O3/c1-11(25-13-8-6-12(20)7-9-13)18(24)21-10-16-22-17(23-26-16)14-4-2-3-5-15(14)19/h2-9,11H,10H2,1H3,(H,21,24)/t11-/m1/s1. The zero-order valence-electron chi connectivity index (χ0n) is 13.8. The van der Waals surface area contributed by atoms with E-state index >= 15 is 0 Å². The Labute approximate surface area is 153 Å². The molecule has 1 aromatic heterocycles. The molecule has 0 aliphatic heterocycles. The van der Waals surface area contributed by atoms with Crippen LogP contribution in [0.2, 0.25) is 5.02 Å². The van der Waals surface area contributed by atoms with Crippen molar-refractivity contribution in [2.24, 2.45) is 0 Å². The fourth-order valence-corrected chi connectivity index (χ4v) is 2.38. The molecule has 1 atom stereocenters. The summed E-state index contributed by atoms with van der Waals surface area (Å²) in [4.78, 5) is 16.3. The van der Waals surface area contributed by atoms with Gasteiger partial charge in [0.2, 0.25) is 11.7 Å². The van der Waals surface area contributed by atoms with Crippen molar-refractivity contribution in [2.75, 3.05) is 0 Å². The van der Waals surface area contributed by atoms with Crippen LogP contribution in [0.3, 0.4) is 0 Å². The molecule has 3 aromatic rings. The lowest BCUT2D eigenvalue weighted by molar-refractivity contribution is -0.127. The first kappa shape index (κ1) is 17.9. The number of nitrogens with zero attached hydrogens (tertiary/aromatic N) is 2. The third-order valence-electron chi connectivity index (χ3n) is 3.49. The lowest BCUT2D eigenvalue weighted by Crippen LogP contribution is -2.35. The van der Waals surface area contributed by atoms with Gasteiger partial charge in [-0.05, 0) is 43.3 Å². The first-order valence-corrected chi connectivity index (χ1v) is 8.18. The molecule has 8 heteroatoms. The summed E-state index contributed by atoms with van der Waals surface area (Å²) in [7, 11) is 0. The van der Waals surface area contributed by atoms with E-state index in [1.807, 2.05) is 6.07 Å². The molecule has 0 aliphatic rings. The molecule has 134 valence electrons. The van der Waals surface area contributed by atoms with E-state index in [0.717, 1.165) is 0 Å². The molecule has 0 saturated carbocycles. The Morgan fingerprint density at radius 2 is 2.00 bits per heavy atom. The number of benzene rings is 2. The molecular weight excluding hydrogens is 361 g/mol. The van der Waals surface area contributed by atoms with Crippen LogP contribution in [-0.4, -0.2) is 22.2 Å². The van der Waals surface area contributed by atoms with Gasteiger partial charge in [0.25, 0.3) is 5.91 Å². The highest BCUT2D eigenvalue weighted by atomic mass is 35.5. The van der Waals surface area contributed by atoms with E-state index in [4.69, 9.17) is 20.9 Å². The van der Waals surface area contributed by atoms with Crippen LogP contribution in [0.1, 0.15) is 12.8 Å². The largest absolute Gasteiger partial charge is 0.481 e. The van der Waals surface area contributed by atoms with Crippen molar-refractivity contribution in [2.45, 2.75) is 19.6 Å². The van der Waals surface area contributed by atoms with Gasteiger partial charge in [0.05, 0.1) is 11.6 Å². The second-order valence-electron chi connectivity index (χ2n) is 5.42. The summed E-state index contributed by atoms with van der Waals surface area (Å²) in [5.41, 5.74) is 0.642. The second kappa shape index (κ2) is 7.97. The quantitative estimate of drug-likeness (QED) is 0.712. The van der Waals surface area contributed by atoms with Crippen molar-refractivity contribution >= 4 is 17.5 Å². The third-order valence-corrected chi connectivity index (χ3v) is 3.82. The molecule has 1 heterocycles. The van der Waals surface area contributed by atoms with Crippen LogP contribution in [0.5, 0.6) is 5.75 Å². The average molecular weight is 376 g/mol. The zero-order chi connectivity index (χ0) is 18.5. The summed E-state index contributed by atoms with van der Waals surface area (Å²) in [6, 6.07) is 12.5. The summed E-state index contributed by atoms with van der Waals surface area (Å²) >= 11 is 6.09. The molecule has 2 aromatic carbocycles. The Morgan fingerprint density at radius 3 is 2.73 bits per heavy atom. The number of nitrogens with one attached hydrogen (secondary N) is 1. The lowest BCUT2D eigenvalue weighted by Gasteiger charge is -2.13. The number of carbonyl (C=O) groups is 1. The van der Waals surface area contributed by atoms with E-state index in [1.54, 1.807) is 25.1 Å². The van der Waals surface area contributed by atoms with Crippen LogP contribution in [-0.2, 0) is 11.3 Å². The Morgan fingerprint density at radius 1 is 1.27 bits per heavy atom. The molecule has 3 rings (SSSR count).